The molecule has 0 aromatic carbocycles. The number of ether oxygens (including phenoxy) is 1. The molecule has 2 atom stereocenters. The Morgan fingerprint density at radius 3 is 2.78 bits per heavy atom. The van der Waals surface area contributed by atoms with Gasteiger partial charge in [-0.3, -0.25) is 0 Å². The molecule has 1 fully saturated rings. The van der Waals surface area contributed by atoms with Gasteiger partial charge in [0.15, 0.2) is 0 Å². The van der Waals surface area contributed by atoms with Gasteiger partial charge in [0.25, 0.3) is 0 Å². The summed E-state index contributed by atoms with van der Waals surface area (Å²) >= 11 is 0. The predicted octanol–water partition coefficient (Wildman–Crippen LogP) is 0.669. The Labute approximate surface area is 53.7 Å². The number of rotatable bonds is 1. The maximum atomic E-state index is 10.4. The van der Waals surface area contributed by atoms with Crippen molar-refractivity contribution < 1.29 is 9.53 Å². The van der Waals surface area contributed by atoms with Crippen LogP contribution >= 0.6 is 0 Å². The van der Waals surface area contributed by atoms with Crippen molar-refractivity contribution in [3.8, 4) is 0 Å². The fourth-order valence-electron chi connectivity index (χ4n) is 0.780. The van der Waals surface area contributed by atoms with Crippen molar-refractivity contribution in [1.29, 1.82) is 0 Å². The van der Waals surface area contributed by atoms with Crippen molar-refractivity contribution in [3.63, 3.8) is 0 Å². The Bertz CT molecular complexity index is 144. The van der Waals surface area contributed by atoms with Gasteiger partial charge in [0.1, 0.15) is 6.10 Å². The molecule has 0 aromatic heterocycles. The molecule has 0 radical (unpaired) electrons. The van der Waals surface area contributed by atoms with E-state index in [-0.39, 0.29) is 18.2 Å². The highest BCUT2D eigenvalue weighted by Crippen LogP contribution is 2.07. The summed E-state index contributed by atoms with van der Waals surface area (Å²) in [5.41, 5.74) is 0. The van der Waals surface area contributed by atoms with Crippen LogP contribution in [0.1, 0.15) is 6.92 Å². The van der Waals surface area contributed by atoms with Crippen LogP contribution in [0.2, 0.25) is 0 Å². The molecular weight excluding hydrogens is 118 g/mol. The number of carbonyl (C=O) groups excluding carboxylic acids is 1. The first-order valence-electron chi connectivity index (χ1n) is 2.83. The van der Waals surface area contributed by atoms with Crippen LogP contribution in [0.5, 0.6) is 0 Å². The van der Waals surface area contributed by atoms with E-state index in [2.05, 4.69) is 11.9 Å². The molecule has 1 rings (SSSR count). The highest BCUT2D eigenvalue weighted by Gasteiger charge is 2.27. The Morgan fingerprint density at radius 1 is 1.89 bits per heavy atom. The number of hydrogen-bond donors (Lipinski definition) is 1. The number of amides is 1. The maximum Gasteiger partial charge on any atom is 0.408 e. The summed E-state index contributed by atoms with van der Waals surface area (Å²) in [5, 5.41) is 2.59. The molecule has 0 spiro atoms. The van der Waals surface area contributed by atoms with Gasteiger partial charge in [0.2, 0.25) is 0 Å². The lowest BCUT2D eigenvalue weighted by Gasteiger charge is -2.04. The van der Waals surface area contributed by atoms with E-state index < -0.39 is 0 Å². The largest absolute Gasteiger partial charge is 0.440 e. The van der Waals surface area contributed by atoms with E-state index in [1.807, 2.05) is 6.92 Å². The predicted molar refractivity (Wildman–Crippen MR) is 33.1 cm³/mol. The second-order valence-electron chi connectivity index (χ2n) is 2.04. The fourth-order valence-corrected chi connectivity index (χ4v) is 0.780. The zero-order chi connectivity index (χ0) is 6.85. The van der Waals surface area contributed by atoms with Crippen LogP contribution in [0.4, 0.5) is 4.79 Å². The van der Waals surface area contributed by atoms with Gasteiger partial charge in [-0.25, -0.2) is 4.79 Å². The van der Waals surface area contributed by atoms with Crippen LogP contribution < -0.4 is 5.32 Å². The molecule has 0 aromatic rings. The first-order chi connectivity index (χ1) is 4.24. The molecule has 3 heteroatoms. The molecule has 1 amide bonds. The average Bonchev–Trinajstić information content (AvgIpc) is 2.10. The molecule has 3 nitrogen and oxygen atoms in total. The minimum Gasteiger partial charge on any atom is -0.440 e. The molecular formula is C6H9NO2. The smallest absolute Gasteiger partial charge is 0.408 e. The summed E-state index contributed by atoms with van der Waals surface area (Å²) in [7, 11) is 0. The number of hydrogen-bond acceptors (Lipinski definition) is 2. The fraction of sp³-hybridized carbons (Fsp3) is 0.500. The van der Waals surface area contributed by atoms with Gasteiger partial charge >= 0.3 is 6.09 Å². The molecule has 0 aliphatic carbocycles. The van der Waals surface area contributed by atoms with Crippen molar-refractivity contribution in [2.75, 3.05) is 0 Å². The van der Waals surface area contributed by atoms with Crippen molar-refractivity contribution in [3.05, 3.63) is 12.7 Å². The van der Waals surface area contributed by atoms with Gasteiger partial charge in [-0.15, -0.1) is 0 Å². The van der Waals surface area contributed by atoms with Crippen LogP contribution in [0, 0.1) is 0 Å². The van der Waals surface area contributed by atoms with Crippen LogP contribution in [0.25, 0.3) is 0 Å². The molecule has 0 unspecified atom stereocenters. The molecule has 1 heterocycles. The molecule has 1 saturated heterocycles. The van der Waals surface area contributed by atoms with E-state index in [4.69, 9.17) is 4.74 Å². The van der Waals surface area contributed by atoms with Crippen LogP contribution in [-0.2, 0) is 4.74 Å². The average molecular weight is 127 g/mol. The summed E-state index contributed by atoms with van der Waals surface area (Å²) in [6.07, 6.45) is 1.10. The quantitative estimate of drug-likeness (QED) is 0.526. The monoisotopic (exact) mass is 127 g/mol. The lowest BCUT2D eigenvalue weighted by molar-refractivity contribution is 0.154. The van der Waals surface area contributed by atoms with Gasteiger partial charge in [-0.05, 0) is 13.0 Å². The first-order valence-corrected chi connectivity index (χ1v) is 2.83. The van der Waals surface area contributed by atoms with E-state index in [0.29, 0.717) is 0 Å². The Morgan fingerprint density at radius 2 is 2.56 bits per heavy atom. The van der Waals surface area contributed by atoms with Crippen molar-refractivity contribution >= 4 is 6.09 Å². The number of carbonyl (C=O) groups is 1. The van der Waals surface area contributed by atoms with Gasteiger partial charge < -0.3 is 10.1 Å². The molecule has 1 aliphatic rings. The highest BCUT2D eigenvalue weighted by atomic mass is 16.6. The summed E-state index contributed by atoms with van der Waals surface area (Å²) < 4.78 is 4.75. The molecule has 50 valence electrons. The highest BCUT2D eigenvalue weighted by molar-refractivity contribution is 5.70. The summed E-state index contributed by atoms with van der Waals surface area (Å²) in [6.45, 7) is 5.38. The van der Waals surface area contributed by atoms with E-state index in [1.165, 1.54) is 0 Å². The SMILES string of the molecule is C=C[C@H]1OC(=O)N[C@H]1C. The molecule has 1 aliphatic heterocycles. The number of alkyl carbamates (subject to hydrolysis) is 1. The van der Waals surface area contributed by atoms with E-state index in [0.717, 1.165) is 0 Å². The molecule has 0 saturated carbocycles. The number of cyclic esters (lactones) is 1. The maximum absolute atomic E-state index is 10.4. The van der Waals surface area contributed by atoms with E-state index in [1.54, 1.807) is 6.08 Å². The third kappa shape index (κ3) is 1.04. The topological polar surface area (TPSA) is 38.3 Å². The summed E-state index contributed by atoms with van der Waals surface area (Å²) in [5.74, 6) is 0. The van der Waals surface area contributed by atoms with Gasteiger partial charge in [-0.1, -0.05) is 6.58 Å². The van der Waals surface area contributed by atoms with Gasteiger partial charge in [0.05, 0.1) is 6.04 Å². The minimum atomic E-state index is -0.354. The second-order valence-corrected chi connectivity index (χ2v) is 2.04. The minimum absolute atomic E-state index is 0.0648. The van der Waals surface area contributed by atoms with Gasteiger partial charge in [0, 0.05) is 0 Å². The lowest BCUT2D eigenvalue weighted by Crippen LogP contribution is -2.26. The lowest BCUT2D eigenvalue weighted by atomic mass is 10.2. The van der Waals surface area contributed by atoms with Crippen LogP contribution in [0.15, 0.2) is 12.7 Å². The van der Waals surface area contributed by atoms with Crippen molar-refractivity contribution in [2.24, 2.45) is 0 Å². The Hall–Kier alpha value is -0.990. The zero-order valence-corrected chi connectivity index (χ0v) is 5.26. The van der Waals surface area contributed by atoms with E-state index in [9.17, 15) is 4.79 Å². The first kappa shape index (κ1) is 6.13. The van der Waals surface area contributed by atoms with E-state index >= 15 is 0 Å². The summed E-state index contributed by atoms with van der Waals surface area (Å²) in [6, 6.07) is 0.0648. The van der Waals surface area contributed by atoms with Crippen molar-refractivity contribution in [1.82, 2.24) is 5.32 Å². The van der Waals surface area contributed by atoms with Gasteiger partial charge in [-0.2, -0.15) is 0 Å². The number of nitrogens with one attached hydrogen (secondary N) is 1. The van der Waals surface area contributed by atoms with Crippen LogP contribution in [-0.4, -0.2) is 18.2 Å². The zero-order valence-electron chi connectivity index (χ0n) is 5.26. The molecule has 0 bridgehead atoms. The third-order valence-electron chi connectivity index (χ3n) is 1.31. The second kappa shape index (κ2) is 2.09. The Balaban J connectivity index is 2.57. The summed E-state index contributed by atoms with van der Waals surface area (Å²) in [4.78, 5) is 10.4. The third-order valence-corrected chi connectivity index (χ3v) is 1.31. The van der Waals surface area contributed by atoms with Crippen LogP contribution in [0.3, 0.4) is 0 Å². The standard InChI is InChI=1S/C6H9NO2/c1-3-5-4(2)7-6(8)9-5/h3-5H,1H2,2H3,(H,7,8)/t4-,5+/m0/s1. The Kier molecular flexibility index (Phi) is 1.42. The van der Waals surface area contributed by atoms with Crippen molar-refractivity contribution in [2.45, 2.75) is 19.1 Å². The molecule has 1 N–H and O–H groups in total. The normalized spacial score (nSPS) is 33.2. The molecule has 9 heavy (non-hydrogen) atoms.